The standard InChI is InChI=1S/C22H20N2O2S2/c1-23-14-16(18-5-3-4-6-19(18)23)13-20-21(25)24(22(27)28-20)12-11-15-7-9-17(26-2)10-8-15/h3-10,13-14H,11-12H2,1-2H3. The van der Waals surface area contributed by atoms with Gasteiger partial charge in [-0.05, 0) is 36.3 Å². The van der Waals surface area contributed by atoms with Gasteiger partial charge in [-0.2, -0.15) is 0 Å². The minimum absolute atomic E-state index is 0.0172. The zero-order valence-electron chi connectivity index (χ0n) is 15.7. The Balaban J connectivity index is 1.52. The molecule has 0 unspecified atom stereocenters. The van der Waals surface area contributed by atoms with Gasteiger partial charge in [-0.3, -0.25) is 9.69 Å². The van der Waals surface area contributed by atoms with Crippen molar-refractivity contribution >= 4 is 51.2 Å². The predicted molar refractivity (Wildman–Crippen MR) is 119 cm³/mol. The first-order chi connectivity index (χ1) is 13.6. The topological polar surface area (TPSA) is 34.5 Å². The Bertz CT molecular complexity index is 1080. The molecule has 142 valence electrons. The lowest BCUT2D eigenvalue weighted by atomic mass is 10.1. The molecule has 6 heteroatoms. The van der Waals surface area contributed by atoms with E-state index in [1.807, 2.05) is 49.5 Å². The highest BCUT2D eigenvalue weighted by atomic mass is 32.2. The van der Waals surface area contributed by atoms with Gasteiger partial charge in [-0.1, -0.05) is 54.3 Å². The van der Waals surface area contributed by atoms with Gasteiger partial charge in [-0.25, -0.2) is 0 Å². The van der Waals surface area contributed by atoms with Crippen LogP contribution < -0.4 is 4.74 Å². The van der Waals surface area contributed by atoms with E-state index in [4.69, 9.17) is 17.0 Å². The van der Waals surface area contributed by atoms with Crippen LogP contribution in [0.4, 0.5) is 0 Å². The second-order valence-electron chi connectivity index (χ2n) is 6.64. The lowest BCUT2D eigenvalue weighted by Gasteiger charge is -2.14. The van der Waals surface area contributed by atoms with Crippen molar-refractivity contribution in [2.75, 3.05) is 13.7 Å². The molecule has 0 atom stereocenters. The Morgan fingerprint density at radius 1 is 1.14 bits per heavy atom. The largest absolute Gasteiger partial charge is 0.497 e. The first kappa shape index (κ1) is 18.8. The van der Waals surface area contributed by atoms with E-state index in [0.29, 0.717) is 15.8 Å². The van der Waals surface area contributed by atoms with Gasteiger partial charge >= 0.3 is 0 Å². The maximum absolute atomic E-state index is 12.9. The highest BCUT2D eigenvalue weighted by Crippen LogP contribution is 2.34. The number of carbonyl (C=O) groups is 1. The van der Waals surface area contributed by atoms with Crippen LogP contribution in [0.5, 0.6) is 5.75 Å². The summed E-state index contributed by atoms with van der Waals surface area (Å²) in [6.07, 6.45) is 4.75. The smallest absolute Gasteiger partial charge is 0.266 e. The van der Waals surface area contributed by atoms with Crippen molar-refractivity contribution in [3.63, 3.8) is 0 Å². The Morgan fingerprint density at radius 2 is 1.89 bits per heavy atom. The number of benzene rings is 2. The third-order valence-electron chi connectivity index (χ3n) is 4.87. The van der Waals surface area contributed by atoms with Crippen molar-refractivity contribution < 1.29 is 9.53 Å². The monoisotopic (exact) mass is 408 g/mol. The van der Waals surface area contributed by atoms with Crippen molar-refractivity contribution in [3.8, 4) is 5.75 Å². The minimum Gasteiger partial charge on any atom is -0.497 e. The van der Waals surface area contributed by atoms with Crippen LogP contribution in [-0.2, 0) is 18.3 Å². The number of para-hydroxylation sites is 1. The molecule has 0 aliphatic carbocycles. The van der Waals surface area contributed by atoms with Gasteiger partial charge in [0.25, 0.3) is 5.91 Å². The molecule has 2 aromatic carbocycles. The molecular formula is C22H20N2O2S2. The van der Waals surface area contributed by atoms with Gasteiger partial charge < -0.3 is 9.30 Å². The van der Waals surface area contributed by atoms with Gasteiger partial charge in [0.1, 0.15) is 10.1 Å². The molecule has 1 fully saturated rings. The van der Waals surface area contributed by atoms with E-state index in [1.54, 1.807) is 12.0 Å². The number of thioether (sulfide) groups is 1. The van der Waals surface area contributed by atoms with E-state index in [9.17, 15) is 4.79 Å². The number of amides is 1. The van der Waals surface area contributed by atoms with Gasteiger partial charge in [-0.15, -0.1) is 0 Å². The van der Waals surface area contributed by atoms with Crippen molar-refractivity contribution in [2.45, 2.75) is 6.42 Å². The fraction of sp³-hybridized carbons (Fsp3) is 0.182. The third-order valence-corrected chi connectivity index (χ3v) is 6.25. The van der Waals surface area contributed by atoms with Gasteiger partial charge in [0.15, 0.2) is 0 Å². The van der Waals surface area contributed by atoms with Crippen LogP contribution in [-0.4, -0.2) is 33.3 Å². The normalized spacial score (nSPS) is 15.8. The summed E-state index contributed by atoms with van der Waals surface area (Å²) >= 11 is 6.84. The van der Waals surface area contributed by atoms with Gasteiger partial charge in [0.2, 0.25) is 0 Å². The molecule has 0 bridgehead atoms. The summed E-state index contributed by atoms with van der Waals surface area (Å²) in [4.78, 5) is 15.3. The molecule has 0 spiro atoms. The van der Waals surface area contributed by atoms with E-state index in [1.165, 1.54) is 11.8 Å². The molecule has 4 rings (SSSR count). The Hall–Kier alpha value is -2.57. The minimum atomic E-state index is -0.0172. The summed E-state index contributed by atoms with van der Waals surface area (Å²) in [6, 6.07) is 16.1. The number of methoxy groups -OCH3 is 1. The van der Waals surface area contributed by atoms with Crippen LogP contribution in [0, 0.1) is 0 Å². The average Bonchev–Trinajstić information content (AvgIpc) is 3.17. The van der Waals surface area contributed by atoms with Crippen molar-refractivity contribution in [3.05, 3.63) is 70.8 Å². The summed E-state index contributed by atoms with van der Waals surface area (Å²) in [5.74, 6) is 0.809. The van der Waals surface area contributed by atoms with Crippen LogP contribution in [0.2, 0.25) is 0 Å². The Kier molecular flexibility index (Phi) is 5.24. The van der Waals surface area contributed by atoms with Crippen LogP contribution in [0.25, 0.3) is 17.0 Å². The molecule has 28 heavy (non-hydrogen) atoms. The number of hydrogen-bond acceptors (Lipinski definition) is 4. The molecule has 3 aromatic rings. The maximum Gasteiger partial charge on any atom is 0.266 e. The molecular weight excluding hydrogens is 388 g/mol. The van der Waals surface area contributed by atoms with E-state index in [-0.39, 0.29) is 5.91 Å². The number of aromatic nitrogens is 1. The maximum atomic E-state index is 12.9. The predicted octanol–water partition coefficient (Wildman–Crippen LogP) is 4.63. The lowest BCUT2D eigenvalue weighted by molar-refractivity contribution is -0.122. The second kappa shape index (κ2) is 7.81. The Morgan fingerprint density at radius 3 is 2.64 bits per heavy atom. The summed E-state index contributed by atoms with van der Waals surface area (Å²) in [5.41, 5.74) is 3.32. The number of ether oxygens (including phenoxy) is 1. The average molecular weight is 409 g/mol. The number of rotatable bonds is 5. The molecule has 0 N–H and O–H groups in total. The summed E-state index contributed by atoms with van der Waals surface area (Å²) < 4.78 is 7.88. The molecule has 1 aliphatic rings. The van der Waals surface area contributed by atoms with Crippen molar-refractivity contribution in [1.82, 2.24) is 9.47 Å². The number of carbonyl (C=O) groups excluding carboxylic acids is 1. The van der Waals surface area contributed by atoms with Crippen molar-refractivity contribution in [2.24, 2.45) is 7.05 Å². The first-order valence-corrected chi connectivity index (χ1v) is 10.2. The molecule has 1 amide bonds. The number of fused-ring (bicyclic) bond motifs is 1. The Labute approximate surface area is 173 Å². The van der Waals surface area contributed by atoms with Crippen molar-refractivity contribution in [1.29, 1.82) is 0 Å². The third kappa shape index (κ3) is 3.57. The molecule has 2 heterocycles. The fourth-order valence-electron chi connectivity index (χ4n) is 3.36. The fourth-order valence-corrected chi connectivity index (χ4v) is 4.65. The lowest BCUT2D eigenvalue weighted by Crippen LogP contribution is -2.30. The molecule has 0 saturated carbocycles. The number of hydrogen-bond donors (Lipinski definition) is 0. The highest BCUT2D eigenvalue weighted by Gasteiger charge is 2.31. The van der Waals surface area contributed by atoms with Crippen LogP contribution in [0.1, 0.15) is 11.1 Å². The van der Waals surface area contributed by atoms with E-state index in [2.05, 4.69) is 22.9 Å². The summed E-state index contributed by atoms with van der Waals surface area (Å²) in [6.45, 7) is 0.573. The molecule has 1 saturated heterocycles. The van der Waals surface area contributed by atoms with Crippen LogP contribution in [0.3, 0.4) is 0 Å². The van der Waals surface area contributed by atoms with Crippen LogP contribution >= 0.6 is 24.0 Å². The van der Waals surface area contributed by atoms with Crippen LogP contribution in [0.15, 0.2) is 59.6 Å². The summed E-state index contributed by atoms with van der Waals surface area (Å²) in [5, 5.41) is 1.13. The number of thiocarbonyl (C=S) groups is 1. The number of nitrogens with zero attached hydrogens (tertiary/aromatic N) is 2. The highest BCUT2D eigenvalue weighted by molar-refractivity contribution is 8.26. The number of aryl methyl sites for hydroxylation is 1. The second-order valence-corrected chi connectivity index (χ2v) is 8.32. The van der Waals surface area contributed by atoms with E-state index < -0.39 is 0 Å². The van der Waals surface area contributed by atoms with E-state index in [0.717, 1.165) is 34.2 Å². The SMILES string of the molecule is COc1ccc(CCN2C(=O)C(=Cc3cn(C)c4ccccc34)SC2=S)cc1. The van der Waals surface area contributed by atoms with Gasteiger partial charge in [0.05, 0.1) is 12.0 Å². The van der Waals surface area contributed by atoms with Gasteiger partial charge in [0, 0.05) is 36.3 Å². The zero-order chi connectivity index (χ0) is 19.7. The zero-order valence-corrected chi connectivity index (χ0v) is 17.3. The molecule has 1 aliphatic heterocycles. The van der Waals surface area contributed by atoms with E-state index >= 15 is 0 Å². The molecule has 1 aromatic heterocycles. The summed E-state index contributed by atoms with van der Waals surface area (Å²) in [7, 11) is 3.66. The molecule has 0 radical (unpaired) electrons. The molecule has 4 nitrogen and oxygen atoms in total. The quantitative estimate of drug-likeness (QED) is 0.455. The first-order valence-electron chi connectivity index (χ1n) is 8.99.